The van der Waals surface area contributed by atoms with E-state index in [1.807, 2.05) is 27.2 Å². The van der Waals surface area contributed by atoms with Crippen LogP contribution in [-0.4, -0.2) is 68.1 Å². The van der Waals surface area contributed by atoms with Crippen LogP contribution in [0.1, 0.15) is 90.4 Å². The number of aliphatic hydroxyl groups is 1. The van der Waals surface area contributed by atoms with Gasteiger partial charge in [0.2, 0.25) is 0 Å². The van der Waals surface area contributed by atoms with E-state index in [0.717, 1.165) is 12.8 Å². The summed E-state index contributed by atoms with van der Waals surface area (Å²) in [5, 5.41) is 9.81. The van der Waals surface area contributed by atoms with Crippen molar-refractivity contribution < 1.29 is 32.8 Å². The molecule has 0 aromatic heterocycles. The predicted molar refractivity (Wildman–Crippen MR) is 131 cm³/mol. The molecule has 2 unspecified atom stereocenters. The molecule has 0 bridgehead atoms. The number of unbranched alkanes of at least 4 members (excludes halogenated alkanes) is 12. The number of aliphatic hydroxyl groups excluding tert-OH is 1. The zero-order chi connectivity index (χ0) is 24.1. The van der Waals surface area contributed by atoms with E-state index in [9.17, 15) is 14.6 Å². The van der Waals surface area contributed by atoms with E-state index < -0.39 is 13.9 Å². The number of ether oxygens (including phenoxy) is 1. The number of allylic oxidation sites excluding steroid dienone is 1. The van der Waals surface area contributed by atoms with Gasteiger partial charge >= 0.3 is 7.82 Å². The number of hydrogen-bond donors (Lipinski definition) is 2. The topological polar surface area (TPSA) is 85.2 Å². The lowest BCUT2D eigenvalue weighted by atomic mass is 10.0. The molecule has 0 aromatic rings. The molecule has 0 rings (SSSR count). The highest BCUT2D eigenvalue weighted by molar-refractivity contribution is 7.47. The summed E-state index contributed by atoms with van der Waals surface area (Å²) < 4.78 is 27.4. The fourth-order valence-electron chi connectivity index (χ4n) is 3.10. The molecule has 0 radical (unpaired) electrons. The molecule has 0 aromatic carbocycles. The van der Waals surface area contributed by atoms with Crippen molar-refractivity contribution in [1.29, 1.82) is 0 Å². The molecular formula is C24H51NO6P+. The van der Waals surface area contributed by atoms with Gasteiger partial charge in [-0.15, -0.1) is 0 Å². The summed E-state index contributed by atoms with van der Waals surface area (Å²) in [5.74, 6) is 0. The molecule has 192 valence electrons. The lowest BCUT2D eigenvalue weighted by Gasteiger charge is -2.24. The van der Waals surface area contributed by atoms with Gasteiger partial charge in [0.15, 0.2) is 0 Å². The minimum Gasteiger partial charge on any atom is -0.499 e. The van der Waals surface area contributed by atoms with E-state index in [2.05, 4.69) is 6.92 Å². The molecule has 0 heterocycles. The van der Waals surface area contributed by atoms with Crippen molar-refractivity contribution in [3.63, 3.8) is 0 Å². The van der Waals surface area contributed by atoms with E-state index in [4.69, 9.17) is 13.8 Å². The van der Waals surface area contributed by atoms with Crippen LogP contribution in [-0.2, 0) is 18.3 Å². The second-order valence-electron chi connectivity index (χ2n) is 9.65. The maximum absolute atomic E-state index is 11.8. The fraction of sp³-hybridized carbons (Fsp3) is 0.917. The third kappa shape index (κ3) is 24.2. The summed E-state index contributed by atoms with van der Waals surface area (Å²) in [7, 11) is 1.72. The Bertz CT molecular complexity index is 495. The van der Waals surface area contributed by atoms with Crippen LogP contribution < -0.4 is 0 Å². The minimum absolute atomic E-state index is 0.00776. The highest BCUT2D eigenvalue weighted by atomic mass is 31.2. The average molecular weight is 481 g/mol. The Balaban J connectivity index is 3.50. The molecule has 0 amide bonds. The molecule has 2 N–H and O–H groups in total. The summed E-state index contributed by atoms with van der Waals surface area (Å²) in [6.45, 7) is 2.63. The number of phosphoric acid groups is 1. The Morgan fingerprint density at radius 2 is 1.38 bits per heavy atom. The van der Waals surface area contributed by atoms with Crippen LogP contribution in [0.4, 0.5) is 0 Å². The molecule has 0 aliphatic carbocycles. The maximum Gasteiger partial charge on any atom is 0.472 e. The van der Waals surface area contributed by atoms with Gasteiger partial charge in [-0.05, 0) is 18.9 Å². The van der Waals surface area contributed by atoms with Crippen LogP contribution in [0.2, 0.25) is 0 Å². The summed E-state index contributed by atoms with van der Waals surface area (Å²) >= 11 is 0. The summed E-state index contributed by atoms with van der Waals surface area (Å²) in [4.78, 5) is 9.61. The zero-order valence-corrected chi connectivity index (χ0v) is 22.1. The second-order valence-corrected chi connectivity index (χ2v) is 11.1. The molecule has 0 saturated carbocycles. The van der Waals surface area contributed by atoms with Gasteiger partial charge in [-0.25, -0.2) is 4.57 Å². The number of nitrogens with zero attached hydrogens (tertiary/aromatic N) is 1. The van der Waals surface area contributed by atoms with Gasteiger partial charge in [0.25, 0.3) is 0 Å². The Morgan fingerprint density at radius 3 is 1.91 bits per heavy atom. The van der Waals surface area contributed by atoms with E-state index in [-0.39, 0.29) is 19.8 Å². The van der Waals surface area contributed by atoms with Crippen molar-refractivity contribution in [2.75, 3.05) is 47.5 Å². The molecule has 32 heavy (non-hydrogen) atoms. The Labute approximate surface area is 197 Å². The number of quaternary nitrogens is 1. The second kappa shape index (κ2) is 20.0. The third-order valence-corrected chi connectivity index (χ3v) is 6.14. The molecule has 0 aliphatic rings. The Kier molecular flexibility index (Phi) is 19.7. The van der Waals surface area contributed by atoms with E-state index in [1.165, 1.54) is 70.6 Å². The zero-order valence-electron chi connectivity index (χ0n) is 21.2. The third-order valence-electron chi connectivity index (χ3n) is 5.15. The molecule has 2 atom stereocenters. The van der Waals surface area contributed by atoms with E-state index in [1.54, 1.807) is 6.26 Å². The quantitative estimate of drug-likeness (QED) is 0.0831. The van der Waals surface area contributed by atoms with Crippen molar-refractivity contribution in [3.8, 4) is 0 Å². The monoisotopic (exact) mass is 480 g/mol. The predicted octanol–water partition coefficient (Wildman–Crippen LogP) is 5.81. The molecule has 0 aliphatic heterocycles. The summed E-state index contributed by atoms with van der Waals surface area (Å²) in [6, 6.07) is 0. The van der Waals surface area contributed by atoms with Crippen LogP contribution in [0, 0.1) is 0 Å². The number of rotatable bonds is 23. The van der Waals surface area contributed by atoms with Crippen molar-refractivity contribution in [1.82, 2.24) is 0 Å². The molecule has 8 heteroatoms. The van der Waals surface area contributed by atoms with Gasteiger partial charge in [-0.3, -0.25) is 9.05 Å². The number of likely N-dealkylation sites (N-methyl/N-ethyl adjacent to an activating group) is 1. The molecule has 0 spiro atoms. The molecule has 0 fully saturated rings. The van der Waals surface area contributed by atoms with Crippen LogP contribution in [0.5, 0.6) is 0 Å². The maximum atomic E-state index is 11.8. The van der Waals surface area contributed by atoms with Gasteiger partial charge in [0.1, 0.15) is 25.9 Å². The molecule has 0 saturated heterocycles. The minimum atomic E-state index is -4.15. The Hall–Kier alpha value is -0.430. The van der Waals surface area contributed by atoms with Crippen LogP contribution in [0.3, 0.4) is 0 Å². The van der Waals surface area contributed by atoms with E-state index >= 15 is 0 Å². The first-order valence-corrected chi connectivity index (χ1v) is 14.0. The first-order valence-electron chi connectivity index (χ1n) is 12.5. The van der Waals surface area contributed by atoms with Gasteiger partial charge < -0.3 is 19.2 Å². The smallest absolute Gasteiger partial charge is 0.472 e. The van der Waals surface area contributed by atoms with Gasteiger partial charge in [-0.2, -0.15) is 0 Å². The van der Waals surface area contributed by atoms with Crippen LogP contribution in [0.15, 0.2) is 12.3 Å². The highest BCUT2D eigenvalue weighted by Crippen LogP contribution is 2.43. The van der Waals surface area contributed by atoms with Gasteiger partial charge in [0, 0.05) is 0 Å². The van der Waals surface area contributed by atoms with Crippen molar-refractivity contribution in [2.24, 2.45) is 0 Å². The lowest BCUT2D eigenvalue weighted by Crippen LogP contribution is -2.37. The van der Waals surface area contributed by atoms with Crippen molar-refractivity contribution >= 4 is 7.82 Å². The first kappa shape index (κ1) is 31.6. The first-order chi connectivity index (χ1) is 15.2. The SMILES string of the molecule is CCCCCCCCCCCCCCC=COCC(O)COP(=O)(O)OCC[N+](C)(C)C. The average Bonchev–Trinajstić information content (AvgIpc) is 2.71. The number of phosphoric ester groups is 1. The summed E-state index contributed by atoms with van der Waals surface area (Å²) in [6.07, 6.45) is 19.5. The van der Waals surface area contributed by atoms with Crippen molar-refractivity contribution in [2.45, 2.75) is 96.5 Å². The standard InChI is InChI=1S/C24H50NO6P/c1-5-6-7-8-9-10-11-12-13-14-15-16-17-18-20-29-22-24(26)23-31-32(27,28)30-21-19-25(2,3)4/h18,20,24,26H,5-17,19,21-23H2,1-4H3/p+1. The van der Waals surface area contributed by atoms with Gasteiger partial charge in [-0.1, -0.05) is 77.6 Å². The number of hydrogen-bond acceptors (Lipinski definition) is 5. The summed E-state index contributed by atoms with van der Waals surface area (Å²) in [5.41, 5.74) is 0. The van der Waals surface area contributed by atoms with Crippen LogP contribution in [0.25, 0.3) is 0 Å². The van der Waals surface area contributed by atoms with Crippen molar-refractivity contribution in [3.05, 3.63) is 12.3 Å². The fourth-order valence-corrected chi connectivity index (χ4v) is 3.85. The van der Waals surface area contributed by atoms with Crippen LogP contribution >= 0.6 is 7.82 Å². The lowest BCUT2D eigenvalue weighted by molar-refractivity contribution is -0.870. The normalized spacial score (nSPS) is 15.2. The molecule has 7 nitrogen and oxygen atoms in total. The highest BCUT2D eigenvalue weighted by Gasteiger charge is 2.24. The Morgan fingerprint density at radius 1 is 0.844 bits per heavy atom. The molecular weight excluding hydrogens is 429 g/mol. The van der Waals surface area contributed by atoms with E-state index in [0.29, 0.717) is 11.0 Å². The van der Waals surface area contributed by atoms with Gasteiger partial charge in [0.05, 0.1) is 34.0 Å². The largest absolute Gasteiger partial charge is 0.499 e.